The van der Waals surface area contributed by atoms with Gasteiger partial charge in [0, 0.05) is 29.9 Å². The highest BCUT2D eigenvalue weighted by Crippen LogP contribution is 2.20. The zero-order chi connectivity index (χ0) is 14.8. The van der Waals surface area contributed by atoms with E-state index in [0.29, 0.717) is 17.9 Å². The Hall–Kier alpha value is -0.920. The highest BCUT2D eigenvalue weighted by Gasteiger charge is 2.32. The van der Waals surface area contributed by atoms with Crippen molar-refractivity contribution in [1.29, 1.82) is 0 Å². The van der Waals surface area contributed by atoms with E-state index in [1.807, 2.05) is 0 Å². The minimum Gasteiger partial charge on any atom is -0.293 e. The molecule has 0 radical (unpaired) electrons. The van der Waals surface area contributed by atoms with Crippen molar-refractivity contribution in [2.45, 2.75) is 5.37 Å². The Labute approximate surface area is 122 Å². The Balaban J connectivity index is 2.11. The van der Waals surface area contributed by atoms with Gasteiger partial charge in [0.2, 0.25) is 0 Å². The van der Waals surface area contributed by atoms with Crippen LogP contribution in [-0.2, 0) is 9.84 Å². The highest BCUT2D eigenvalue weighted by molar-refractivity contribution is 8.00. The number of carbonyl (C=O) groups is 1. The number of nitrogens with zero attached hydrogens (tertiary/aromatic N) is 1. The van der Waals surface area contributed by atoms with Crippen LogP contribution in [0, 0.1) is 5.82 Å². The first-order valence-electron chi connectivity index (χ1n) is 6.17. The molecule has 4 nitrogen and oxygen atoms in total. The molecule has 0 saturated carbocycles. The molecule has 1 heterocycles. The van der Waals surface area contributed by atoms with E-state index in [4.69, 9.17) is 0 Å². The number of carbonyl (C=O) groups excluding carboxylic acids is 1. The van der Waals surface area contributed by atoms with Gasteiger partial charge in [0.05, 0.1) is 6.54 Å². The summed E-state index contributed by atoms with van der Waals surface area (Å²) >= 11 is 1.58. The number of thioether (sulfide) groups is 1. The Morgan fingerprint density at radius 1 is 1.40 bits per heavy atom. The fourth-order valence-corrected chi connectivity index (χ4v) is 5.04. The van der Waals surface area contributed by atoms with Crippen molar-refractivity contribution < 1.29 is 17.6 Å². The molecule has 7 heteroatoms. The minimum atomic E-state index is -3.22. The lowest BCUT2D eigenvalue weighted by molar-refractivity contribution is 0.0928. The van der Waals surface area contributed by atoms with E-state index in [1.165, 1.54) is 30.5 Å². The smallest absolute Gasteiger partial charge is 0.176 e. The molecular formula is C13H16FNO3S2. The van der Waals surface area contributed by atoms with Crippen molar-refractivity contribution in [1.82, 2.24) is 4.90 Å². The molecule has 1 aromatic carbocycles. The monoisotopic (exact) mass is 317 g/mol. The standard InChI is InChI=1S/C13H16FNO3S2/c1-20(17,18)13-9-19-7-6-15(13)8-12(16)10-2-4-11(14)5-3-10/h2-5,13H,6-9H2,1H3. The largest absolute Gasteiger partial charge is 0.293 e. The summed E-state index contributed by atoms with van der Waals surface area (Å²) in [7, 11) is -3.22. The fraction of sp³-hybridized carbons (Fsp3) is 0.462. The van der Waals surface area contributed by atoms with Gasteiger partial charge in [-0.1, -0.05) is 0 Å². The van der Waals surface area contributed by atoms with Crippen LogP contribution in [-0.4, -0.2) is 55.3 Å². The second-order valence-electron chi connectivity index (χ2n) is 4.76. The lowest BCUT2D eigenvalue weighted by atomic mass is 10.1. The zero-order valence-electron chi connectivity index (χ0n) is 11.1. The van der Waals surface area contributed by atoms with Gasteiger partial charge in [-0.2, -0.15) is 11.8 Å². The maximum Gasteiger partial charge on any atom is 0.176 e. The molecule has 0 bridgehead atoms. The molecule has 2 rings (SSSR count). The molecule has 20 heavy (non-hydrogen) atoms. The second kappa shape index (κ2) is 6.24. The van der Waals surface area contributed by atoms with E-state index in [2.05, 4.69) is 0 Å². The van der Waals surface area contributed by atoms with Gasteiger partial charge in [-0.15, -0.1) is 0 Å². The van der Waals surface area contributed by atoms with Crippen LogP contribution in [0.25, 0.3) is 0 Å². The number of rotatable bonds is 4. The maximum atomic E-state index is 12.8. The van der Waals surface area contributed by atoms with Crippen molar-refractivity contribution in [3.05, 3.63) is 35.6 Å². The van der Waals surface area contributed by atoms with E-state index in [9.17, 15) is 17.6 Å². The van der Waals surface area contributed by atoms with Gasteiger partial charge in [-0.05, 0) is 24.3 Å². The van der Waals surface area contributed by atoms with Crippen molar-refractivity contribution in [3.63, 3.8) is 0 Å². The first-order chi connectivity index (χ1) is 9.38. The molecule has 110 valence electrons. The van der Waals surface area contributed by atoms with Crippen LogP contribution in [0.1, 0.15) is 10.4 Å². The Kier molecular flexibility index (Phi) is 4.82. The predicted octanol–water partition coefficient (Wildman–Crippen LogP) is 1.43. The molecule has 0 aliphatic carbocycles. The first-order valence-corrected chi connectivity index (χ1v) is 9.28. The molecule has 1 saturated heterocycles. The maximum absolute atomic E-state index is 12.8. The molecule has 1 atom stereocenters. The van der Waals surface area contributed by atoms with E-state index < -0.39 is 21.0 Å². The average Bonchev–Trinajstić information content (AvgIpc) is 2.38. The summed E-state index contributed by atoms with van der Waals surface area (Å²) in [6.45, 7) is 0.610. The quantitative estimate of drug-likeness (QED) is 0.786. The van der Waals surface area contributed by atoms with E-state index in [0.717, 1.165) is 5.75 Å². The lowest BCUT2D eigenvalue weighted by Gasteiger charge is -2.33. The zero-order valence-corrected chi connectivity index (χ0v) is 12.7. The van der Waals surface area contributed by atoms with Crippen LogP contribution in [0.3, 0.4) is 0 Å². The van der Waals surface area contributed by atoms with Crippen molar-refractivity contribution >= 4 is 27.4 Å². The van der Waals surface area contributed by atoms with Crippen molar-refractivity contribution in [2.24, 2.45) is 0 Å². The molecule has 0 aromatic heterocycles. The van der Waals surface area contributed by atoms with Crippen LogP contribution in [0.4, 0.5) is 4.39 Å². The van der Waals surface area contributed by atoms with E-state index in [1.54, 1.807) is 16.7 Å². The number of Topliss-reactive ketones (excluding diaryl/α,β-unsaturated/α-hetero) is 1. The Bertz CT molecular complexity index is 586. The topological polar surface area (TPSA) is 54.5 Å². The number of hydrogen-bond acceptors (Lipinski definition) is 5. The molecule has 0 spiro atoms. The summed E-state index contributed by atoms with van der Waals surface area (Å²) in [5.41, 5.74) is 0.400. The third-order valence-electron chi connectivity index (χ3n) is 3.20. The molecular weight excluding hydrogens is 301 g/mol. The number of benzene rings is 1. The summed E-state index contributed by atoms with van der Waals surface area (Å²) in [6.07, 6.45) is 1.19. The lowest BCUT2D eigenvalue weighted by Crippen LogP contribution is -2.48. The van der Waals surface area contributed by atoms with Crippen LogP contribution < -0.4 is 0 Å². The minimum absolute atomic E-state index is 0.0456. The van der Waals surface area contributed by atoms with E-state index in [-0.39, 0.29) is 12.3 Å². The molecule has 1 aromatic rings. The third-order valence-corrected chi connectivity index (χ3v) is 5.88. The summed E-state index contributed by atoms with van der Waals surface area (Å²) < 4.78 is 36.3. The van der Waals surface area contributed by atoms with Crippen molar-refractivity contribution in [2.75, 3.05) is 30.9 Å². The van der Waals surface area contributed by atoms with Gasteiger partial charge in [0.25, 0.3) is 0 Å². The summed E-state index contributed by atoms with van der Waals surface area (Å²) in [5, 5.41) is -0.620. The molecule has 1 fully saturated rings. The van der Waals surface area contributed by atoms with Gasteiger partial charge < -0.3 is 0 Å². The second-order valence-corrected chi connectivity index (χ2v) is 8.11. The van der Waals surface area contributed by atoms with Crippen LogP contribution in [0.5, 0.6) is 0 Å². The van der Waals surface area contributed by atoms with Gasteiger partial charge >= 0.3 is 0 Å². The molecule has 1 unspecified atom stereocenters. The summed E-state index contributed by atoms with van der Waals surface area (Å²) in [6, 6.07) is 5.30. The van der Waals surface area contributed by atoms with E-state index >= 15 is 0 Å². The third kappa shape index (κ3) is 3.80. The number of sulfone groups is 1. The van der Waals surface area contributed by atoms with Crippen LogP contribution in [0.2, 0.25) is 0 Å². The number of hydrogen-bond donors (Lipinski definition) is 0. The summed E-state index contributed by atoms with van der Waals surface area (Å²) in [4.78, 5) is 13.8. The van der Waals surface area contributed by atoms with Gasteiger partial charge in [0.15, 0.2) is 15.6 Å². The van der Waals surface area contributed by atoms with Crippen molar-refractivity contribution in [3.8, 4) is 0 Å². The average molecular weight is 317 g/mol. The fourth-order valence-electron chi connectivity index (χ4n) is 2.10. The predicted molar refractivity (Wildman–Crippen MR) is 78.3 cm³/mol. The number of halogens is 1. The van der Waals surface area contributed by atoms with Gasteiger partial charge in [-0.3, -0.25) is 9.69 Å². The van der Waals surface area contributed by atoms with Gasteiger partial charge in [0.1, 0.15) is 11.2 Å². The molecule has 1 aliphatic heterocycles. The molecule has 0 amide bonds. The van der Waals surface area contributed by atoms with Crippen LogP contribution in [0.15, 0.2) is 24.3 Å². The Morgan fingerprint density at radius 3 is 2.65 bits per heavy atom. The van der Waals surface area contributed by atoms with Crippen LogP contribution >= 0.6 is 11.8 Å². The SMILES string of the molecule is CS(=O)(=O)C1CSCCN1CC(=O)c1ccc(F)cc1. The number of ketones is 1. The first kappa shape index (κ1) is 15.5. The normalized spacial score (nSPS) is 20.8. The molecule has 1 aliphatic rings. The summed E-state index contributed by atoms with van der Waals surface area (Å²) in [5.74, 6) is 0.702. The highest BCUT2D eigenvalue weighted by atomic mass is 32.2. The molecule has 0 N–H and O–H groups in total. The Morgan fingerprint density at radius 2 is 2.05 bits per heavy atom. The van der Waals surface area contributed by atoms with Gasteiger partial charge in [-0.25, -0.2) is 12.8 Å².